The van der Waals surface area contributed by atoms with Crippen LogP contribution in [0.2, 0.25) is 0 Å². The lowest BCUT2D eigenvalue weighted by molar-refractivity contribution is -0.0424. The number of nitrogens with one attached hydrogen (secondary N) is 1. The second kappa shape index (κ2) is 9.49. The summed E-state index contributed by atoms with van der Waals surface area (Å²) in [5, 5.41) is 18.7. The minimum atomic E-state index is -0.447. The monoisotopic (exact) mass is 425 g/mol. The first kappa shape index (κ1) is 21.3. The van der Waals surface area contributed by atoms with Gasteiger partial charge in [0.2, 0.25) is 0 Å². The number of nitrogens with zero attached hydrogens (tertiary/aromatic N) is 2. The Balaban J connectivity index is 1.54. The molecule has 1 aliphatic rings. The fourth-order valence-corrected chi connectivity index (χ4v) is 4.01. The molecule has 31 heavy (non-hydrogen) atoms. The molecule has 0 amide bonds. The maximum Gasteiger partial charge on any atom is 0.127 e. The van der Waals surface area contributed by atoms with Gasteiger partial charge in [0.05, 0.1) is 24.9 Å². The van der Waals surface area contributed by atoms with E-state index in [2.05, 4.69) is 24.3 Å². The summed E-state index contributed by atoms with van der Waals surface area (Å²) < 4.78 is 26.5. The lowest BCUT2D eigenvalue weighted by atomic mass is 9.86. The topological polar surface area (TPSA) is 68.5 Å². The van der Waals surface area contributed by atoms with Crippen LogP contribution in [0.5, 0.6) is 11.5 Å². The predicted molar refractivity (Wildman–Crippen MR) is 117 cm³/mol. The highest BCUT2D eigenvalue weighted by Gasteiger charge is 2.34. The van der Waals surface area contributed by atoms with E-state index in [1.807, 2.05) is 35.1 Å². The molecule has 6 nitrogen and oxygen atoms in total. The van der Waals surface area contributed by atoms with Crippen molar-refractivity contribution < 1.29 is 19.0 Å². The summed E-state index contributed by atoms with van der Waals surface area (Å²) in [5.74, 6) is 0.848. The fraction of sp³-hybridized carbons (Fsp3) is 0.375. The third-order valence-electron chi connectivity index (χ3n) is 5.79. The van der Waals surface area contributed by atoms with E-state index in [9.17, 15) is 9.50 Å². The van der Waals surface area contributed by atoms with Crippen molar-refractivity contribution >= 4 is 5.69 Å². The SMILES string of the molecule is CCn1ncc([C@@H](Nc2ccc(Oc3ccc(F)cc3)cc2)[C@@H]2COCC[C@@H]2O)c1C. The molecule has 1 aliphatic heterocycles. The summed E-state index contributed by atoms with van der Waals surface area (Å²) in [6, 6.07) is 13.4. The summed E-state index contributed by atoms with van der Waals surface area (Å²) >= 11 is 0. The van der Waals surface area contributed by atoms with E-state index in [0.29, 0.717) is 31.1 Å². The number of ether oxygens (including phenoxy) is 2. The summed E-state index contributed by atoms with van der Waals surface area (Å²) in [6.07, 6.45) is 2.05. The number of hydrogen-bond acceptors (Lipinski definition) is 5. The van der Waals surface area contributed by atoms with Crippen molar-refractivity contribution in [2.45, 2.75) is 39.0 Å². The zero-order valence-corrected chi connectivity index (χ0v) is 17.8. The Morgan fingerprint density at radius 3 is 2.48 bits per heavy atom. The van der Waals surface area contributed by atoms with Crippen LogP contribution >= 0.6 is 0 Å². The molecule has 0 aliphatic carbocycles. The van der Waals surface area contributed by atoms with E-state index < -0.39 is 6.10 Å². The van der Waals surface area contributed by atoms with Crippen LogP contribution in [0.15, 0.2) is 54.7 Å². The van der Waals surface area contributed by atoms with Gasteiger partial charge in [-0.05, 0) is 68.8 Å². The average molecular weight is 426 g/mol. The first-order chi connectivity index (χ1) is 15.0. The molecule has 0 spiro atoms. The van der Waals surface area contributed by atoms with Gasteiger partial charge in [0.1, 0.15) is 17.3 Å². The molecule has 3 aromatic rings. The van der Waals surface area contributed by atoms with Crippen LogP contribution in [0.4, 0.5) is 10.1 Å². The Hall–Kier alpha value is -2.90. The number of aryl methyl sites for hydroxylation is 1. The number of benzene rings is 2. The van der Waals surface area contributed by atoms with Gasteiger partial charge in [-0.2, -0.15) is 5.10 Å². The molecular formula is C24H28FN3O3. The van der Waals surface area contributed by atoms with Gasteiger partial charge in [0.15, 0.2) is 0 Å². The van der Waals surface area contributed by atoms with Gasteiger partial charge in [-0.3, -0.25) is 4.68 Å². The number of aromatic nitrogens is 2. The van der Waals surface area contributed by atoms with Crippen LogP contribution in [0, 0.1) is 18.7 Å². The molecule has 1 fully saturated rings. The van der Waals surface area contributed by atoms with Crippen molar-refractivity contribution in [2.75, 3.05) is 18.5 Å². The minimum Gasteiger partial charge on any atom is -0.457 e. The Labute approximate surface area is 181 Å². The highest BCUT2D eigenvalue weighted by molar-refractivity contribution is 5.49. The number of aliphatic hydroxyl groups excluding tert-OH is 1. The largest absolute Gasteiger partial charge is 0.457 e. The summed E-state index contributed by atoms with van der Waals surface area (Å²) in [6.45, 7) is 5.97. The molecule has 164 valence electrons. The predicted octanol–water partition coefficient (Wildman–Crippen LogP) is 4.69. The molecule has 1 aromatic heterocycles. The van der Waals surface area contributed by atoms with Gasteiger partial charge >= 0.3 is 0 Å². The molecule has 0 bridgehead atoms. The number of anilines is 1. The smallest absolute Gasteiger partial charge is 0.127 e. The maximum atomic E-state index is 13.1. The van der Waals surface area contributed by atoms with Crippen molar-refractivity contribution in [3.63, 3.8) is 0 Å². The summed E-state index contributed by atoms with van der Waals surface area (Å²) in [5.41, 5.74) is 3.04. The average Bonchev–Trinajstić information content (AvgIpc) is 3.15. The van der Waals surface area contributed by atoms with Crippen molar-refractivity contribution in [2.24, 2.45) is 5.92 Å². The molecule has 0 saturated carbocycles. The van der Waals surface area contributed by atoms with E-state index in [4.69, 9.17) is 9.47 Å². The molecule has 0 radical (unpaired) electrons. The molecule has 0 unspecified atom stereocenters. The van der Waals surface area contributed by atoms with Crippen molar-refractivity contribution in [1.29, 1.82) is 0 Å². The molecule has 7 heteroatoms. The van der Waals surface area contributed by atoms with Crippen LogP contribution in [0.3, 0.4) is 0 Å². The standard InChI is InChI=1S/C24H28FN3O3/c1-3-28-16(2)21(14-26-28)24(22-15-30-13-12-23(22)29)27-18-6-10-20(11-7-18)31-19-8-4-17(25)5-9-19/h4-11,14,22-24,27,29H,3,12-13,15H2,1-2H3/t22-,23+,24-/m1/s1. The van der Waals surface area contributed by atoms with Gasteiger partial charge in [-0.15, -0.1) is 0 Å². The van der Waals surface area contributed by atoms with Crippen LogP contribution in [-0.2, 0) is 11.3 Å². The zero-order chi connectivity index (χ0) is 21.8. The van der Waals surface area contributed by atoms with E-state index >= 15 is 0 Å². The van der Waals surface area contributed by atoms with Crippen molar-refractivity contribution in [3.05, 3.63) is 71.8 Å². The van der Waals surface area contributed by atoms with Crippen LogP contribution < -0.4 is 10.1 Å². The van der Waals surface area contributed by atoms with Gasteiger partial charge in [-0.1, -0.05) is 0 Å². The highest BCUT2D eigenvalue weighted by atomic mass is 19.1. The van der Waals surface area contributed by atoms with Gasteiger partial charge < -0.3 is 19.9 Å². The molecular weight excluding hydrogens is 397 g/mol. The molecule has 2 N–H and O–H groups in total. The van der Waals surface area contributed by atoms with Gasteiger partial charge in [-0.25, -0.2) is 4.39 Å². The second-order valence-electron chi connectivity index (χ2n) is 7.80. The number of aliphatic hydroxyl groups is 1. The minimum absolute atomic E-state index is 0.0860. The number of halogens is 1. The molecule has 4 rings (SSSR count). The first-order valence-corrected chi connectivity index (χ1v) is 10.6. The van der Waals surface area contributed by atoms with Gasteiger partial charge in [0, 0.05) is 36.0 Å². The molecule has 2 aromatic carbocycles. The quantitative estimate of drug-likeness (QED) is 0.575. The second-order valence-corrected chi connectivity index (χ2v) is 7.80. The molecule has 1 saturated heterocycles. The maximum absolute atomic E-state index is 13.1. The summed E-state index contributed by atoms with van der Waals surface area (Å²) in [7, 11) is 0. The molecule has 3 atom stereocenters. The van der Waals surface area contributed by atoms with E-state index in [1.165, 1.54) is 12.1 Å². The fourth-order valence-electron chi connectivity index (χ4n) is 4.01. The Kier molecular flexibility index (Phi) is 6.53. The Morgan fingerprint density at radius 1 is 1.19 bits per heavy atom. The normalized spacial score (nSPS) is 19.7. The Morgan fingerprint density at radius 2 is 1.87 bits per heavy atom. The molecule has 2 heterocycles. The third kappa shape index (κ3) is 4.89. The van der Waals surface area contributed by atoms with Crippen molar-refractivity contribution in [1.82, 2.24) is 9.78 Å². The van der Waals surface area contributed by atoms with E-state index in [0.717, 1.165) is 23.5 Å². The Bertz CT molecular complexity index is 988. The van der Waals surface area contributed by atoms with Gasteiger partial charge in [0.25, 0.3) is 0 Å². The van der Waals surface area contributed by atoms with E-state index in [1.54, 1.807) is 12.1 Å². The number of hydrogen-bond donors (Lipinski definition) is 2. The zero-order valence-electron chi connectivity index (χ0n) is 17.8. The summed E-state index contributed by atoms with van der Waals surface area (Å²) in [4.78, 5) is 0. The van der Waals surface area contributed by atoms with Crippen LogP contribution in [0.25, 0.3) is 0 Å². The van der Waals surface area contributed by atoms with Crippen LogP contribution in [-0.4, -0.2) is 34.2 Å². The number of rotatable bonds is 7. The van der Waals surface area contributed by atoms with Crippen LogP contribution in [0.1, 0.15) is 30.6 Å². The third-order valence-corrected chi connectivity index (χ3v) is 5.79. The highest BCUT2D eigenvalue weighted by Crippen LogP contribution is 2.34. The van der Waals surface area contributed by atoms with Crippen molar-refractivity contribution in [3.8, 4) is 11.5 Å². The first-order valence-electron chi connectivity index (χ1n) is 10.6. The lowest BCUT2D eigenvalue weighted by Gasteiger charge is -2.35. The lowest BCUT2D eigenvalue weighted by Crippen LogP contribution is -2.39. The van der Waals surface area contributed by atoms with E-state index in [-0.39, 0.29) is 17.8 Å².